The highest BCUT2D eigenvalue weighted by atomic mass is 32.2. The van der Waals surface area contributed by atoms with E-state index in [0.29, 0.717) is 6.54 Å². The molecule has 1 aliphatic heterocycles. The smallest absolute Gasteiger partial charge is 0.407 e. The number of hydrogen-bond donors (Lipinski definition) is 2. The molecule has 2 N–H and O–H groups in total. The maximum atomic E-state index is 11.3. The van der Waals surface area contributed by atoms with E-state index in [1.807, 2.05) is 0 Å². The molecule has 1 fully saturated rings. The predicted molar refractivity (Wildman–Crippen MR) is 50.3 cm³/mol. The van der Waals surface area contributed by atoms with Crippen LogP contribution in [0, 0.1) is 0 Å². The molecule has 0 aliphatic carbocycles. The molecule has 1 saturated heterocycles. The maximum absolute atomic E-state index is 11.3. The van der Waals surface area contributed by atoms with E-state index in [1.165, 1.54) is 0 Å². The summed E-state index contributed by atoms with van der Waals surface area (Å²) in [4.78, 5) is 10.6. The van der Waals surface area contributed by atoms with E-state index in [0.717, 1.165) is 0 Å². The Hall–Kier alpha value is -0.820. The van der Waals surface area contributed by atoms with Crippen molar-refractivity contribution in [2.24, 2.45) is 0 Å². The van der Waals surface area contributed by atoms with E-state index in [1.54, 1.807) is 13.8 Å². The number of ether oxygens (including phenoxy) is 1. The van der Waals surface area contributed by atoms with Gasteiger partial charge in [-0.2, -0.15) is 0 Å². The Bertz CT molecular complexity index is 312. The molecule has 1 atom stereocenters. The lowest BCUT2D eigenvalue weighted by Gasteiger charge is -2.11. The van der Waals surface area contributed by atoms with Crippen LogP contribution in [0.2, 0.25) is 0 Å². The Morgan fingerprint density at radius 3 is 2.71 bits per heavy atom. The van der Waals surface area contributed by atoms with Crippen molar-refractivity contribution in [2.75, 3.05) is 13.1 Å². The fourth-order valence-corrected chi connectivity index (χ4v) is 1.67. The molecule has 0 spiro atoms. The molecular weight excluding hydrogens is 208 g/mol. The van der Waals surface area contributed by atoms with Gasteiger partial charge in [0, 0.05) is 6.54 Å². The van der Waals surface area contributed by atoms with Gasteiger partial charge in [0.05, 0.1) is 11.8 Å². The Morgan fingerprint density at radius 1 is 1.64 bits per heavy atom. The fourth-order valence-electron chi connectivity index (χ4n) is 0.921. The number of alkyl carbamates (subject to hydrolysis) is 1. The molecule has 1 heterocycles. The van der Waals surface area contributed by atoms with Crippen LogP contribution in [0.4, 0.5) is 4.79 Å². The van der Waals surface area contributed by atoms with Gasteiger partial charge in [0.25, 0.3) is 0 Å². The van der Waals surface area contributed by atoms with Gasteiger partial charge < -0.3 is 10.1 Å². The SMILES string of the molecule is CC(C)S(=O)(=O)NC[C@H]1CNC(=O)O1. The van der Waals surface area contributed by atoms with Crippen LogP contribution < -0.4 is 10.0 Å². The van der Waals surface area contributed by atoms with Crippen LogP contribution in [0.5, 0.6) is 0 Å². The van der Waals surface area contributed by atoms with Crippen molar-refractivity contribution in [3.63, 3.8) is 0 Å². The zero-order valence-electron chi connectivity index (χ0n) is 8.11. The van der Waals surface area contributed by atoms with Crippen LogP contribution in [-0.4, -0.2) is 39.0 Å². The lowest BCUT2D eigenvalue weighted by atomic mass is 10.4. The van der Waals surface area contributed by atoms with E-state index in [-0.39, 0.29) is 6.54 Å². The van der Waals surface area contributed by atoms with Gasteiger partial charge in [-0.1, -0.05) is 0 Å². The zero-order chi connectivity index (χ0) is 10.8. The first-order chi connectivity index (χ1) is 6.42. The number of sulfonamides is 1. The second-order valence-corrected chi connectivity index (χ2v) is 5.67. The molecule has 1 aliphatic rings. The zero-order valence-corrected chi connectivity index (χ0v) is 8.93. The Morgan fingerprint density at radius 2 is 2.29 bits per heavy atom. The van der Waals surface area contributed by atoms with Crippen molar-refractivity contribution in [2.45, 2.75) is 25.2 Å². The summed E-state index contributed by atoms with van der Waals surface area (Å²) in [5.41, 5.74) is 0. The van der Waals surface area contributed by atoms with Crippen LogP contribution >= 0.6 is 0 Å². The van der Waals surface area contributed by atoms with Crippen molar-refractivity contribution in [1.82, 2.24) is 10.0 Å². The summed E-state index contributed by atoms with van der Waals surface area (Å²) in [6.07, 6.45) is -0.908. The van der Waals surface area contributed by atoms with Crippen molar-refractivity contribution in [1.29, 1.82) is 0 Å². The molecule has 0 saturated carbocycles. The summed E-state index contributed by atoms with van der Waals surface area (Å²) in [6, 6.07) is 0. The second-order valence-electron chi connectivity index (χ2n) is 3.35. The molecule has 0 aromatic carbocycles. The van der Waals surface area contributed by atoms with Gasteiger partial charge in [-0.3, -0.25) is 0 Å². The summed E-state index contributed by atoms with van der Waals surface area (Å²) in [5.74, 6) is 0. The Balaban J connectivity index is 2.38. The van der Waals surface area contributed by atoms with E-state index >= 15 is 0 Å². The molecule has 1 rings (SSSR count). The number of carbonyl (C=O) groups is 1. The number of carbonyl (C=O) groups excluding carboxylic acids is 1. The summed E-state index contributed by atoms with van der Waals surface area (Å²) < 4.78 is 29.7. The monoisotopic (exact) mass is 222 g/mol. The van der Waals surface area contributed by atoms with Crippen LogP contribution in [0.25, 0.3) is 0 Å². The first-order valence-corrected chi connectivity index (χ1v) is 5.89. The van der Waals surface area contributed by atoms with E-state index in [2.05, 4.69) is 10.0 Å². The molecule has 14 heavy (non-hydrogen) atoms. The molecule has 7 heteroatoms. The fraction of sp³-hybridized carbons (Fsp3) is 0.857. The first kappa shape index (κ1) is 11.3. The van der Waals surface area contributed by atoms with Gasteiger partial charge in [0.15, 0.2) is 0 Å². The second kappa shape index (κ2) is 4.14. The van der Waals surface area contributed by atoms with Gasteiger partial charge in [-0.15, -0.1) is 0 Å². The quantitative estimate of drug-likeness (QED) is 0.666. The van der Waals surface area contributed by atoms with Gasteiger partial charge in [0.2, 0.25) is 10.0 Å². The highest BCUT2D eigenvalue weighted by molar-refractivity contribution is 7.90. The minimum absolute atomic E-state index is 0.124. The summed E-state index contributed by atoms with van der Waals surface area (Å²) in [7, 11) is -3.27. The van der Waals surface area contributed by atoms with Crippen LogP contribution in [0.15, 0.2) is 0 Å². The topological polar surface area (TPSA) is 84.5 Å². The van der Waals surface area contributed by atoms with Gasteiger partial charge >= 0.3 is 6.09 Å². The number of hydrogen-bond acceptors (Lipinski definition) is 4. The van der Waals surface area contributed by atoms with Crippen LogP contribution in [0.1, 0.15) is 13.8 Å². The molecule has 0 radical (unpaired) electrons. The molecule has 82 valence electrons. The van der Waals surface area contributed by atoms with Gasteiger partial charge in [-0.25, -0.2) is 17.9 Å². The van der Waals surface area contributed by atoms with Gasteiger partial charge in [-0.05, 0) is 13.8 Å². The third-order valence-electron chi connectivity index (χ3n) is 1.88. The lowest BCUT2D eigenvalue weighted by Crippen LogP contribution is -2.37. The number of amides is 1. The standard InChI is InChI=1S/C7H14N2O4S/c1-5(2)14(11,12)9-4-6-3-8-7(10)13-6/h5-6,9H,3-4H2,1-2H3,(H,8,10)/t6-/m1/s1. The minimum atomic E-state index is -3.27. The van der Waals surface area contributed by atoms with Crippen molar-refractivity contribution in [3.05, 3.63) is 0 Å². The highest BCUT2D eigenvalue weighted by Gasteiger charge is 2.25. The highest BCUT2D eigenvalue weighted by Crippen LogP contribution is 2.01. The van der Waals surface area contributed by atoms with E-state index in [9.17, 15) is 13.2 Å². The largest absolute Gasteiger partial charge is 0.443 e. The molecule has 0 bridgehead atoms. The van der Waals surface area contributed by atoms with Crippen LogP contribution in [-0.2, 0) is 14.8 Å². The molecular formula is C7H14N2O4S. The summed E-state index contributed by atoms with van der Waals surface area (Å²) in [5, 5.41) is 1.96. The third kappa shape index (κ3) is 2.85. The van der Waals surface area contributed by atoms with Crippen molar-refractivity contribution >= 4 is 16.1 Å². The minimum Gasteiger partial charge on any atom is -0.443 e. The molecule has 6 nitrogen and oxygen atoms in total. The van der Waals surface area contributed by atoms with Crippen LogP contribution in [0.3, 0.4) is 0 Å². The van der Waals surface area contributed by atoms with E-state index < -0.39 is 27.5 Å². The van der Waals surface area contributed by atoms with E-state index in [4.69, 9.17) is 4.74 Å². The number of cyclic esters (lactones) is 1. The Kier molecular flexibility index (Phi) is 3.33. The molecule has 0 aromatic rings. The predicted octanol–water partition coefficient (Wildman–Crippen LogP) is -0.577. The Labute approximate surface area is 83.1 Å². The maximum Gasteiger partial charge on any atom is 0.407 e. The van der Waals surface area contributed by atoms with Crippen molar-refractivity contribution < 1.29 is 17.9 Å². The molecule has 0 aromatic heterocycles. The summed E-state index contributed by atoms with van der Waals surface area (Å²) in [6.45, 7) is 3.64. The summed E-state index contributed by atoms with van der Waals surface area (Å²) >= 11 is 0. The van der Waals surface area contributed by atoms with Crippen molar-refractivity contribution in [3.8, 4) is 0 Å². The first-order valence-electron chi connectivity index (χ1n) is 4.35. The normalized spacial score (nSPS) is 22.2. The van der Waals surface area contributed by atoms with Gasteiger partial charge in [0.1, 0.15) is 6.10 Å². The average Bonchev–Trinajstić information content (AvgIpc) is 2.48. The number of nitrogens with one attached hydrogen (secondary N) is 2. The average molecular weight is 222 g/mol. The third-order valence-corrected chi connectivity index (χ3v) is 3.69. The molecule has 1 amide bonds. The lowest BCUT2D eigenvalue weighted by molar-refractivity contribution is 0.142. The molecule has 0 unspecified atom stereocenters. The number of rotatable bonds is 4.